The van der Waals surface area contributed by atoms with Crippen LogP contribution >= 0.6 is 0 Å². The normalized spacial score (nSPS) is 10.6. The van der Waals surface area contributed by atoms with Gasteiger partial charge in [-0.05, 0) is 28.8 Å². The van der Waals surface area contributed by atoms with Crippen LogP contribution in [0.15, 0.2) is 78.9 Å². The van der Waals surface area contributed by atoms with Crippen molar-refractivity contribution < 1.29 is 14.6 Å². The standard InChI is InChI=1S/C24H27NO3/c26-15-14-25-18-22-11-12-23(28-19-21-9-5-2-6-10-21)24(17-22)27-16-13-20-7-3-1-4-8-20/h1-12,17,25-26H,13-16,18-19H2. The van der Waals surface area contributed by atoms with E-state index in [1.807, 2.05) is 66.7 Å². The molecular weight excluding hydrogens is 350 g/mol. The van der Waals surface area contributed by atoms with Crippen LogP contribution in [0.4, 0.5) is 0 Å². The van der Waals surface area contributed by atoms with Crippen molar-refractivity contribution in [3.63, 3.8) is 0 Å². The number of nitrogens with one attached hydrogen (secondary N) is 1. The van der Waals surface area contributed by atoms with Crippen LogP contribution in [0.5, 0.6) is 11.5 Å². The molecule has 0 aliphatic rings. The maximum atomic E-state index is 8.94. The van der Waals surface area contributed by atoms with Crippen molar-refractivity contribution in [2.45, 2.75) is 19.6 Å². The van der Waals surface area contributed by atoms with Gasteiger partial charge in [0, 0.05) is 19.5 Å². The molecule has 0 amide bonds. The van der Waals surface area contributed by atoms with Crippen molar-refractivity contribution in [1.82, 2.24) is 5.32 Å². The molecule has 0 aromatic heterocycles. The second kappa shape index (κ2) is 11.1. The molecule has 3 rings (SSSR count). The van der Waals surface area contributed by atoms with Gasteiger partial charge in [0.05, 0.1) is 13.2 Å². The molecule has 4 nitrogen and oxygen atoms in total. The lowest BCUT2D eigenvalue weighted by Crippen LogP contribution is -2.17. The first-order valence-corrected chi connectivity index (χ1v) is 9.63. The van der Waals surface area contributed by atoms with E-state index < -0.39 is 0 Å². The van der Waals surface area contributed by atoms with Crippen molar-refractivity contribution >= 4 is 0 Å². The Morgan fingerprint density at radius 1 is 0.714 bits per heavy atom. The first kappa shape index (κ1) is 19.9. The van der Waals surface area contributed by atoms with Gasteiger partial charge in [-0.3, -0.25) is 0 Å². The quantitative estimate of drug-likeness (QED) is 0.497. The zero-order chi connectivity index (χ0) is 19.4. The SMILES string of the molecule is OCCNCc1ccc(OCc2ccccc2)c(OCCc2ccccc2)c1. The predicted molar refractivity (Wildman–Crippen MR) is 112 cm³/mol. The molecule has 0 unspecified atom stereocenters. The third-order valence-corrected chi connectivity index (χ3v) is 4.35. The molecule has 0 spiro atoms. The Labute approximate surface area is 166 Å². The highest BCUT2D eigenvalue weighted by Crippen LogP contribution is 2.29. The molecule has 28 heavy (non-hydrogen) atoms. The van der Waals surface area contributed by atoms with Crippen LogP contribution in [0.1, 0.15) is 16.7 Å². The number of benzene rings is 3. The largest absolute Gasteiger partial charge is 0.489 e. The minimum Gasteiger partial charge on any atom is -0.489 e. The van der Waals surface area contributed by atoms with E-state index >= 15 is 0 Å². The van der Waals surface area contributed by atoms with Crippen molar-refractivity contribution in [2.75, 3.05) is 19.8 Å². The van der Waals surface area contributed by atoms with Crippen LogP contribution in [-0.4, -0.2) is 24.9 Å². The van der Waals surface area contributed by atoms with Gasteiger partial charge in [-0.25, -0.2) is 0 Å². The second-order valence-electron chi connectivity index (χ2n) is 6.54. The minimum absolute atomic E-state index is 0.124. The first-order valence-electron chi connectivity index (χ1n) is 9.63. The van der Waals surface area contributed by atoms with E-state index in [1.165, 1.54) is 5.56 Å². The minimum atomic E-state index is 0.124. The van der Waals surface area contributed by atoms with Gasteiger partial charge in [0.1, 0.15) is 6.61 Å². The average Bonchev–Trinajstić information content (AvgIpc) is 2.75. The van der Waals surface area contributed by atoms with Gasteiger partial charge in [0.15, 0.2) is 11.5 Å². The molecule has 3 aromatic rings. The second-order valence-corrected chi connectivity index (χ2v) is 6.54. The van der Waals surface area contributed by atoms with E-state index in [1.54, 1.807) is 0 Å². The number of hydrogen-bond donors (Lipinski definition) is 2. The molecule has 4 heteroatoms. The Bertz CT molecular complexity index is 822. The number of ether oxygens (including phenoxy) is 2. The maximum Gasteiger partial charge on any atom is 0.161 e. The summed E-state index contributed by atoms with van der Waals surface area (Å²) in [5, 5.41) is 12.1. The van der Waals surface area contributed by atoms with Crippen LogP contribution in [-0.2, 0) is 19.6 Å². The molecule has 0 saturated carbocycles. The van der Waals surface area contributed by atoms with Gasteiger partial charge in [-0.1, -0.05) is 66.7 Å². The molecule has 0 bridgehead atoms. The molecule has 0 radical (unpaired) electrons. The predicted octanol–water partition coefficient (Wildman–Crippen LogP) is 3.97. The fraction of sp³-hybridized carbons (Fsp3) is 0.250. The number of aliphatic hydroxyl groups excluding tert-OH is 1. The summed E-state index contributed by atoms with van der Waals surface area (Å²) in [4.78, 5) is 0. The summed E-state index contributed by atoms with van der Waals surface area (Å²) < 4.78 is 12.1. The molecular formula is C24H27NO3. The summed E-state index contributed by atoms with van der Waals surface area (Å²) in [5.74, 6) is 1.48. The number of aliphatic hydroxyl groups is 1. The summed E-state index contributed by atoms with van der Waals surface area (Å²) in [6, 6.07) is 26.4. The fourth-order valence-corrected chi connectivity index (χ4v) is 2.87. The summed E-state index contributed by atoms with van der Waals surface area (Å²) in [6.07, 6.45) is 0.839. The van der Waals surface area contributed by atoms with Gasteiger partial charge in [-0.15, -0.1) is 0 Å². The Balaban J connectivity index is 1.65. The highest BCUT2D eigenvalue weighted by atomic mass is 16.5. The van der Waals surface area contributed by atoms with E-state index in [0.29, 0.717) is 26.3 Å². The summed E-state index contributed by atoms with van der Waals surface area (Å²) in [7, 11) is 0. The molecule has 0 heterocycles. The monoisotopic (exact) mass is 377 g/mol. The molecule has 0 aliphatic carbocycles. The topological polar surface area (TPSA) is 50.7 Å². The lowest BCUT2D eigenvalue weighted by molar-refractivity contribution is 0.263. The molecule has 3 aromatic carbocycles. The molecule has 0 atom stereocenters. The Morgan fingerprint density at radius 2 is 1.43 bits per heavy atom. The molecule has 2 N–H and O–H groups in total. The Hall–Kier alpha value is -2.82. The van der Waals surface area contributed by atoms with Crippen LogP contribution in [0.2, 0.25) is 0 Å². The average molecular weight is 377 g/mol. The maximum absolute atomic E-state index is 8.94. The van der Waals surface area contributed by atoms with Crippen LogP contribution in [0.25, 0.3) is 0 Å². The Morgan fingerprint density at radius 3 is 2.14 bits per heavy atom. The highest BCUT2D eigenvalue weighted by Gasteiger charge is 2.08. The third kappa shape index (κ3) is 6.41. The van der Waals surface area contributed by atoms with Gasteiger partial charge in [0.2, 0.25) is 0 Å². The van der Waals surface area contributed by atoms with E-state index in [4.69, 9.17) is 14.6 Å². The van der Waals surface area contributed by atoms with Crippen LogP contribution in [0, 0.1) is 0 Å². The highest BCUT2D eigenvalue weighted by molar-refractivity contribution is 5.43. The van der Waals surface area contributed by atoms with Crippen LogP contribution < -0.4 is 14.8 Å². The molecule has 0 saturated heterocycles. The zero-order valence-corrected chi connectivity index (χ0v) is 16.0. The van der Waals surface area contributed by atoms with E-state index in [2.05, 4.69) is 17.4 Å². The van der Waals surface area contributed by atoms with Gasteiger partial charge < -0.3 is 19.9 Å². The first-order chi connectivity index (χ1) is 13.8. The van der Waals surface area contributed by atoms with Crippen molar-refractivity contribution in [1.29, 1.82) is 0 Å². The smallest absolute Gasteiger partial charge is 0.161 e. The van der Waals surface area contributed by atoms with E-state index in [9.17, 15) is 0 Å². The molecule has 146 valence electrons. The van der Waals surface area contributed by atoms with Crippen molar-refractivity contribution in [3.05, 3.63) is 95.6 Å². The lowest BCUT2D eigenvalue weighted by Gasteiger charge is -2.15. The lowest BCUT2D eigenvalue weighted by atomic mass is 10.1. The van der Waals surface area contributed by atoms with E-state index in [-0.39, 0.29) is 6.61 Å². The molecule has 0 fully saturated rings. The van der Waals surface area contributed by atoms with Gasteiger partial charge >= 0.3 is 0 Å². The fourth-order valence-electron chi connectivity index (χ4n) is 2.87. The summed E-state index contributed by atoms with van der Waals surface area (Å²) >= 11 is 0. The number of hydrogen-bond acceptors (Lipinski definition) is 4. The third-order valence-electron chi connectivity index (χ3n) is 4.35. The van der Waals surface area contributed by atoms with Crippen LogP contribution in [0.3, 0.4) is 0 Å². The van der Waals surface area contributed by atoms with Gasteiger partial charge in [-0.2, -0.15) is 0 Å². The van der Waals surface area contributed by atoms with Gasteiger partial charge in [0.25, 0.3) is 0 Å². The summed E-state index contributed by atoms with van der Waals surface area (Å²) in [6.45, 7) is 2.45. The molecule has 0 aliphatic heterocycles. The van der Waals surface area contributed by atoms with E-state index in [0.717, 1.165) is 29.0 Å². The van der Waals surface area contributed by atoms with Crippen molar-refractivity contribution in [3.8, 4) is 11.5 Å². The number of rotatable bonds is 11. The van der Waals surface area contributed by atoms with Crippen molar-refractivity contribution in [2.24, 2.45) is 0 Å². The Kier molecular flexibility index (Phi) is 7.91. The summed E-state index contributed by atoms with van der Waals surface area (Å²) in [5.41, 5.74) is 3.46. The zero-order valence-electron chi connectivity index (χ0n) is 16.0.